The molecule has 10 heavy (non-hydrogen) atoms. The number of hydrogen-bond donors (Lipinski definition) is 1. The summed E-state index contributed by atoms with van der Waals surface area (Å²) in [6.07, 6.45) is 0. The highest BCUT2D eigenvalue weighted by molar-refractivity contribution is 7.81. The fraction of sp³-hybridized carbons (Fsp3) is 0.500. The third-order valence-electron chi connectivity index (χ3n) is 0.748. The van der Waals surface area contributed by atoms with Crippen LogP contribution in [0.4, 0.5) is 0 Å². The van der Waals surface area contributed by atoms with E-state index < -0.39 is 10.4 Å². The molecule has 0 aromatic rings. The zero-order valence-electron chi connectivity index (χ0n) is 5.01. The van der Waals surface area contributed by atoms with Crippen molar-refractivity contribution >= 4 is 16.4 Å². The zero-order valence-corrected chi connectivity index (χ0v) is 5.83. The number of oxime groups is 1. The molecule has 7 nitrogen and oxygen atoms in total. The zero-order chi connectivity index (χ0) is 7.78. The average molecular weight is 167 g/mol. The van der Waals surface area contributed by atoms with Gasteiger partial charge in [0.25, 0.3) is 5.96 Å². The van der Waals surface area contributed by atoms with Crippen molar-refractivity contribution in [2.45, 2.75) is 0 Å². The first-order valence-electron chi connectivity index (χ1n) is 2.21. The Hall–Kier alpha value is -1.02. The van der Waals surface area contributed by atoms with Gasteiger partial charge in [-0.05, 0) is 5.16 Å². The van der Waals surface area contributed by atoms with Crippen LogP contribution < -0.4 is 5.73 Å². The van der Waals surface area contributed by atoms with Gasteiger partial charge in [0.2, 0.25) is 0 Å². The third kappa shape index (κ3) is 1.28. The Bertz CT molecular complexity index is 256. The van der Waals surface area contributed by atoms with Crippen molar-refractivity contribution in [3.63, 3.8) is 0 Å². The highest BCUT2D eigenvalue weighted by Gasteiger charge is 2.23. The standard InChI is InChI=1S/C2H5N3O4S/c1-5-2(3)4-8-10(6,7)9-5/h1H3,(H2,3,4). The van der Waals surface area contributed by atoms with Crippen LogP contribution in [0.1, 0.15) is 0 Å². The van der Waals surface area contributed by atoms with Gasteiger partial charge >= 0.3 is 10.4 Å². The number of nitrogens with two attached hydrogens (primary N) is 1. The van der Waals surface area contributed by atoms with Gasteiger partial charge in [-0.25, -0.2) is 9.35 Å². The molecule has 0 unspecified atom stereocenters. The van der Waals surface area contributed by atoms with Gasteiger partial charge in [-0.2, -0.15) is 8.42 Å². The molecule has 0 aromatic heterocycles. The molecule has 1 aliphatic heterocycles. The number of hydrogen-bond acceptors (Lipinski definition) is 7. The first-order chi connectivity index (χ1) is 4.51. The van der Waals surface area contributed by atoms with Crippen LogP contribution in [0, 0.1) is 0 Å². The summed E-state index contributed by atoms with van der Waals surface area (Å²) in [5.74, 6) is -0.158. The van der Waals surface area contributed by atoms with Gasteiger partial charge in [-0.1, -0.05) is 0 Å². The molecule has 8 heteroatoms. The Labute approximate surface area is 57.3 Å². The fourth-order valence-electron chi connectivity index (χ4n) is 0.330. The lowest BCUT2D eigenvalue weighted by molar-refractivity contribution is 0.0100. The molecule has 0 aromatic carbocycles. The minimum atomic E-state index is -4.01. The van der Waals surface area contributed by atoms with Crippen LogP contribution in [0.2, 0.25) is 0 Å². The van der Waals surface area contributed by atoms with Gasteiger partial charge in [0.05, 0.1) is 0 Å². The van der Waals surface area contributed by atoms with E-state index in [2.05, 4.69) is 13.7 Å². The highest BCUT2D eigenvalue weighted by atomic mass is 32.3. The number of guanidine groups is 1. The lowest BCUT2D eigenvalue weighted by Crippen LogP contribution is -2.39. The van der Waals surface area contributed by atoms with Crippen LogP contribution >= 0.6 is 0 Å². The summed E-state index contributed by atoms with van der Waals surface area (Å²) in [6.45, 7) is 0. The van der Waals surface area contributed by atoms with E-state index in [1.807, 2.05) is 0 Å². The maximum absolute atomic E-state index is 10.4. The molecule has 0 aliphatic carbocycles. The van der Waals surface area contributed by atoms with Gasteiger partial charge in [-0.15, -0.1) is 4.28 Å². The van der Waals surface area contributed by atoms with Gasteiger partial charge in [0.1, 0.15) is 0 Å². The monoisotopic (exact) mass is 167 g/mol. The van der Waals surface area contributed by atoms with E-state index in [4.69, 9.17) is 5.73 Å². The molecule has 0 atom stereocenters. The third-order valence-corrected chi connectivity index (χ3v) is 1.41. The van der Waals surface area contributed by atoms with Crippen LogP contribution in [0.3, 0.4) is 0 Å². The van der Waals surface area contributed by atoms with Crippen molar-refractivity contribution in [2.75, 3.05) is 7.05 Å². The molecular formula is C2H5N3O4S. The first-order valence-corrected chi connectivity index (χ1v) is 3.55. The van der Waals surface area contributed by atoms with Crippen LogP contribution in [0.5, 0.6) is 0 Å². The Morgan fingerprint density at radius 3 is 2.70 bits per heavy atom. The summed E-state index contributed by atoms with van der Waals surface area (Å²) in [7, 11) is -2.72. The second-order valence-corrected chi connectivity index (χ2v) is 2.62. The highest BCUT2D eigenvalue weighted by Crippen LogP contribution is 2.04. The molecule has 0 bridgehead atoms. The minimum Gasteiger partial charge on any atom is -0.365 e. The van der Waals surface area contributed by atoms with Crippen molar-refractivity contribution in [1.29, 1.82) is 0 Å². The Morgan fingerprint density at radius 1 is 1.70 bits per heavy atom. The maximum Gasteiger partial charge on any atom is 0.491 e. The molecule has 0 spiro atoms. The predicted octanol–water partition coefficient (Wildman–Crippen LogP) is -1.65. The lowest BCUT2D eigenvalue weighted by atomic mass is 11.0. The van der Waals surface area contributed by atoms with Crippen LogP contribution in [-0.2, 0) is 19.0 Å². The Kier molecular flexibility index (Phi) is 1.41. The SMILES string of the molecule is CN1OS(=O)(=O)ON=C1N. The van der Waals surface area contributed by atoms with Crippen molar-refractivity contribution in [3.8, 4) is 0 Å². The van der Waals surface area contributed by atoms with Crippen LogP contribution in [0.25, 0.3) is 0 Å². The molecule has 1 rings (SSSR count). The molecule has 2 N–H and O–H groups in total. The summed E-state index contributed by atoms with van der Waals surface area (Å²) >= 11 is 0. The maximum atomic E-state index is 10.4. The molecule has 1 heterocycles. The van der Waals surface area contributed by atoms with E-state index in [0.29, 0.717) is 0 Å². The summed E-state index contributed by atoms with van der Waals surface area (Å²) in [6, 6.07) is 0. The summed E-state index contributed by atoms with van der Waals surface area (Å²) < 4.78 is 28.6. The smallest absolute Gasteiger partial charge is 0.365 e. The number of rotatable bonds is 0. The molecule has 0 amide bonds. The topological polar surface area (TPSA) is 94.2 Å². The minimum absolute atomic E-state index is 0.158. The van der Waals surface area contributed by atoms with Crippen molar-refractivity contribution in [3.05, 3.63) is 0 Å². The first kappa shape index (κ1) is 7.09. The van der Waals surface area contributed by atoms with Crippen molar-refractivity contribution in [1.82, 2.24) is 5.06 Å². The molecule has 0 fully saturated rings. The normalized spacial score (nSPS) is 23.3. The lowest BCUT2D eigenvalue weighted by Gasteiger charge is -2.17. The van der Waals surface area contributed by atoms with E-state index in [1.54, 1.807) is 0 Å². The summed E-state index contributed by atoms with van der Waals surface area (Å²) in [5, 5.41) is 3.75. The summed E-state index contributed by atoms with van der Waals surface area (Å²) in [5.41, 5.74) is 5.06. The van der Waals surface area contributed by atoms with Gasteiger partial charge < -0.3 is 5.73 Å². The largest absolute Gasteiger partial charge is 0.491 e. The van der Waals surface area contributed by atoms with Crippen LogP contribution in [0.15, 0.2) is 5.16 Å². The van der Waals surface area contributed by atoms with E-state index >= 15 is 0 Å². The van der Waals surface area contributed by atoms with E-state index in [-0.39, 0.29) is 5.96 Å². The quantitative estimate of drug-likeness (QED) is 0.464. The molecule has 1 aliphatic rings. The molecule has 58 valence electrons. The van der Waals surface area contributed by atoms with E-state index in [0.717, 1.165) is 5.06 Å². The van der Waals surface area contributed by atoms with Crippen molar-refractivity contribution < 1.29 is 17.0 Å². The van der Waals surface area contributed by atoms with E-state index in [9.17, 15) is 8.42 Å². The average Bonchev–Trinajstić information content (AvgIpc) is 1.79. The van der Waals surface area contributed by atoms with Gasteiger partial charge in [0.15, 0.2) is 0 Å². The molecule has 0 saturated heterocycles. The molecule has 0 saturated carbocycles. The van der Waals surface area contributed by atoms with Gasteiger partial charge in [0, 0.05) is 7.05 Å². The Balaban J connectivity index is 2.89. The fourth-order valence-corrected chi connectivity index (χ4v) is 0.875. The molecular weight excluding hydrogens is 162 g/mol. The predicted molar refractivity (Wildman–Crippen MR) is 30.5 cm³/mol. The molecule has 0 radical (unpaired) electrons. The number of nitrogens with zero attached hydrogens (tertiary/aromatic N) is 2. The Morgan fingerprint density at radius 2 is 2.30 bits per heavy atom. The van der Waals surface area contributed by atoms with Gasteiger partial charge in [-0.3, -0.25) is 0 Å². The summed E-state index contributed by atoms with van der Waals surface area (Å²) in [4.78, 5) is 0. The van der Waals surface area contributed by atoms with E-state index in [1.165, 1.54) is 7.05 Å². The second-order valence-electron chi connectivity index (χ2n) is 1.50. The number of hydroxylamine groups is 2. The van der Waals surface area contributed by atoms with Crippen molar-refractivity contribution in [2.24, 2.45) is 10.9 Å². The van der Waals surface area contributed by atoms with Crippen LogP contribution in [-0.4, -0.2) is 26.5 Å². The second kappa shape index (κ2) is 1.99.